The van der Waals surface area contributed by atoms with E-state index < -0.39 is 55.9 Å². The predicted octanol–water partition coefficient (Wildman–Crippen LogP) is 3.18. The van der Waals surface area contributed by atoms with E-state index in [2.05, 4.69) is 0 Å². The van der Waals surface area contributed by atoms with Gasteiger partial charge in [-0.25, -0.2) is 9.36 Å². The molecule has 1 aromatic heterocycles. The Kier molecular flexibility index (Phi) is 7.68. The topological polar surface area (TPSA) is 135 Å². The van der Waals surface area contributed by atoms with Gasteiger partial charge in [0.2, 0.25) is 5.82 Å². The van der Waals surface area contributed by atoms with Crippen molar-refractivity contribution in [1.82, 2.24) is 9.55 Å². The van der Waals surface area contributed by atoms with Crippen LogP contribution in [0.2, 0.25) is 0 Å². The second-order valence-corrected chi connectivity index (χ2v) is 9.23. The number of phosphoric acid groups is 1. The molecule has 0 saturated carbocycles. The summed E-state index contributed by atoms with van der Waals surface area (Å²) in [6.45, 7) is 0.741. The van der Waals surface area contributed by atoms with E-state index in [0.717, 1.165) is 4.57 Å². The van der Waals surface area contributed by atoms with Crippen LogP contribution in [0.1, 0.15) is 19.6 Å². The van der Waals surface area contributed by atoms with Gasteiger partial charge in [0.1, 0.15) is 29.9 Å². The largest absolute Gasteiger partial charge is 0.587 e. The molecule has 0 radical (unpaired) electrons. The molecular formula is C23H22FN2O9P. The zero-order valence-corrected chi connectivity index (χ0v) is 19.8. The number of hydrogen-bond donors (Lipinski definition) is 1. The first-order chi connectivity index (χ1) is 17.2. The molecule has 4 rings (SSSR count). The summed E-state index contributed by atoms with van der Waals surface area (Å²) in [5.41, 5.74) is -2.09. The van der Waals surface area contributed by atoms with Crippen LogP contribution in [0.5, 0.6) is 11.5 Å². The summed E-state index contributed by atoms with van der Waals surface area (Å²) in [4.78, 5) is 37.0. The Labute approximate surface area is 204 Å². The molecule has 1 aliphatic rings. The molecule has 1 aliphatic heterocycles. The van der Waals surface area contributed by atoms with Crippen molar-refractivity contribution in [2.75, 3.05) is 6.61 Å². The quantitative estimate of drug-likeness (QED) is 0.333. The minimum Gasteiger partial charge on any atom is -0.460 e. The van der Waals surface area contributed by atoms with Crippen LogP contribution in [0.3, 0.4) is 0 Å². The van der Waals surface area contributed by atoms with Gasteiger partial charge in [0.25, 0.3) is 5.56 Å². The van der Waals surface area contributed by atoms with E-state index in [0.29, 0.717) is 6.20 Å². The molecule has 2 heterocycles. The molecule has 190 valence electrons. The molecule has 0 amide bonds. The molecule has 3 aromatic rings. The van der Waals surface area contributed by atoms with Gasteiger partial charge < -0.3 is 18.5 Å². The molecule has 36 heavy (non-hydrogen) atoms. The lowest BCUT2D eigenvalue weighted by molar-refractivity contribution is -0.150. The van der Waals surface area contributed by atoms with Gasteiger partial charge in [0.15, 0.2) is 0 Å². The number of phosphoric ester groups is 1. The molecule has 1 fully saturated rings. The normalized spacial score (nSPS) is 19.6. The minimum absolute atomic E-state index is 0.0671. The number of ether oxygens (including phenoxy) is 2. The maximum atomic E-state index is 13.8. The minimum atomic E-state index is -4.29. The van der Waals surface area contributed by atoms with Crippen LogP contribution in [0.15, 0.2) is 76.4 Å². The Hall–Kier alpha value is -3.73. The molecule has 3 atom stereocenters. The molecule has 2 aromatic carbocycles. The van der Waals surface area contributed by atoms with Gasteiger partial charge in [0, 0.05) is 13.3 Å². The van der Waals surface area contributed by atoms with E-state index in [1.807, 2.05) is 4.98 Å². The third-order valence-corrected chi connectivity index (χ3v) is 6.38. The van der Waals surface area contributed by atoms with Gasteiger partial charge in [-0.05, 0) is 24.3 Å². The summed E-state index contributed by atoms with van der Waals surface area (Å²) in [6, 6.07) is 16.4. The number of para-hydroxylation sites is 2. The molecule has 0 spiro atoms. The average Bonchev–Trinajstić information content (AvgIpc) is 3.23. The number of benzene rings is 2. The molecule has 0 bridgehead atoms. The zero-order chi connectivity index (χ0) is 25.7. The number of carbonyl (C=O) groups excluding carboxylic acids is 1. The summed E-state index contributed by atoms with van der Waals surface area (Å²) in [6.07, 6.45) is -2.46. The number of aromatic amines is 1. The predicted molar refractivity (Wildman–Crippen MR) is 123 cm³/mol. The maximum Gasteiger partial charge on any atom is 0.587 e. The van der Waals surface area contributed by atoms with Crippen LogP contribution >= 0.6 is 7.82 Å². The van der Waals surface area contributed by atoms with Gasteiger partial charge in [-0.3, -0.25) is 23.7 Å². The summed E-state index contributed by atoms with van der Waals surface area (Å²) < 4.78 is 55.9. The Morgan fingerprint density at radius 2 is 1.67 bits per heavy atom. The first kappa shape index (κ1) is 25.4. The number of rotatable bonds is 9. The number of nitrogens with one attached hydrogen (secondary N) is 1. The standard InChI is InChI=1S/C23H22FN2O9P/c1-15(27)32-19-12-21(26-13-18(24)22(28)25-23(26)29)33-20(19)14-31-36(30,34-16-8-4-2-5-9-16)35-17-10-6-3-7-11-17/h2-11,13,19-21H,12,14H2,1H3,(H,25,28,29). The van der Waals surface area contributed by atoms with Crippen LogP contribution in [0.25, 0.3) is 0 Å². The maximum absolute atomic E-state index is 13.8. The van der Waals surface area contributed by atoms with Crippen molar-refractivity contribution in [2.24, 2.45) is 0 Å². The van der Waals surface area contributed by atoms with Crippen molar-refractivity contribution in [3.8, 4) is 11.5 Å². The number of hydrogen-bond acceptors (Lipinski definition) is 9. The van der Waals surface area contributed by atoms with E-state index in [4.69, 9.17) is 23.0 Å². The second kappa shape index (κ2) is 10.9. The van der Waals surface area contributed by atoms with Crippen LogP contribution in [0.4, 0.5) is 4.39 Å². The third kappa shape index (κ3) is 6.28. The summed E-state index contributed by atoms with van der Waals surface area (Å²) in [7, 11) is -4.29. The summed E-state index contributed by atoms with van der Waals surface area (Å²) in [5.74, 6) is -1.40. The van der Waals surface area contributed by atoms with Crippen molar-refractivity contribution in [3.05, 3.63) is 93.5 Å². The SMILES string of the molecule is CC(=O)OC1CC(n2cc(F)c(=O)[nH]c2=O)OC1COP(=O)(Oc1ccccc1)Oc1ccccc1. The first-order valence-corrected chi connectivity index (χ1v) is 12.3. The highest BCUT2D eigenvalue weighted by Gasteiger charge is 2.42. The van der Waals surface area contributed by atoms with Crippen LogP contribution in [-0.4, -0.2) is 34.3 Å². The Morgan fingerprint density at radius 1 is 1.08 bits per heavy atom. The van der Waals surface area contributed by atoms with Crippen LogP contribution in [-0.2, 0) is 23.4 Å². The lowest BCUT2D eigenvalue weighted by atomic mass is 10.2. The van der Waals surface area contributed by atoms with E-state index >= 15 is 0 Å². The number of H-pyrrole nitrogens is 1. The lowest BCUT2D eigenvalue weighted by Crippen LogP contribution is -2.34. The van der Waals surface area contributed by atoms with Crippen LogP contribution < -0.4 is 20.3 Å². The third-order valence-electron chi connectivity index (χ3n) is 5.05. The summed E-state index contributed by atoms with van der Waals surface area (Å²) >= 11 is 0. The molecule has 1 N–H and O–H groups in total. The molecule has 1 saturated heterocycles. The van der Waals surface area contributed by atoms with E-state index in [1.165, 1.54) is 6.92 Å². The van der Waals surface area contributed by atoms with E-state index in [-0.39, 0.29) is 17.9 Å². The fourth-order valence-electron chi connectivity index (χ4n) is 3.49. The highest BCUT2D eigenvalue weighted by atomic mass is 31.2. The molecule has 11 nitrogen and oxygen atoms in total. The van der Waals surface area contributed by atoms with Gasteiger partial charge in [-0.1, -0.05) is 36.4 Å². The monoisotopic (exact) mass is 520 g/mol. The Balaban J connectivity index is 1.55. The number of carbonyl (C=O) groups is 1. The Bertz CT molecular complexity index is 1320. The number of halogens is 1. The zero-order valence-electron chi connectivity index (χ0n) is 18.9. The van der Waals surface area contributed by atoms with E-state index in [1.54, 1.807) is 60.7 Å². The van der Waals surface area contributed by atoms with E-state index in [9.17, 15) is 23.3 Å². The second-order valence-electron chi connectivity index (χ2n) is 7.71. The molecule has 13 heteroatoms. The molecule has 0 aliphatic carbocycles. The highest BCUT2D eigenvalue weighted by Crippen LogP contribution is 2.50. The molecular weight excluding hydrogens is 498 g/mol. The highest BCUT2D eigenvalue weighted by molar-refractivity contribution is 7.49. The Morgan fingerprint density at radius 3 is 2.22 bits per heavy atom. The van der Waals surface area contributed by atoms with Gasteiger partial charge in [-0.2, -0.15) is 4.39 Å². The fraction of sp³-hybridized carbons (Fsp3) is 0.261. The van der Waals surface area contributed by atoms with Gasteiger partial charge in [-0.15, -0.1) is 0 Å². The first-order valence-electron chi connectivity index (χ1n) is 10.8. The fourth-order valence-corrected chi connectivity index (χ4v) is 4.72. The smallest absolute Gasteiger partial charge is 0.460 e. The van der Waals surface area contributed by atoms with Crippen molar-refractivity contribution < 1.29 is 36.8 Å². The van der Waals surface area contributed by atoms with Crippen molar-refractivity contribution in [3.63, 3.8) is 0 Å². The van der Waals surface area contributed by atoms with Gasteiger partial charge in [0.05, 0.1) is 12.8 Å². The molecule has 3 unspecified atom stereocenters. The van der Waals surface area contributed by atoms with Gasteiger partial charge >= 0.3 is 19.5 Å². The van der Waals surface area contributed by atoms with Crippen molar-refractivity contribution >= 4 is 13.8 Å². The van der Waals surface area contributed by atoms with Crippen LogP contribution in [0, 0.1) is 5.82 Å². The van der Waals surface area contributed by atoms with Crippen molar-refractivity contribution in [1.29, 1.82) is 0 Å². The lowest BCUT2D eigenvalue weighted by Gasteiger charge is -2.22. The number of aromatic nitrogens is 2. The summed E-state index contributed by atoms with van der Waals surface area (Å²) in [5, 5.41) is 0. The average molecular weight is 520 g/mol. The number of esters is 1. The van der Waals surface area contributed by atoms with Crippen molar-refractivity contribution in [2.45, 2.75) is 31.8 Å². The number of nitrogens with zero attached hydrogens (tertiary/aromatic N) is 1.